The summed E-state index contributed by atoms with van der Waals surface area (Å²) < 4.78 is 16.5. The van der Waals surface area contributed by atoms with Crippen LogP contribution in [0.2, 0.25) is 0 Å². The maximum atomic E-state index is 12.3. The van der Waals surface area contributed by atoms with Crippen LogP contribution in [0.4, 0.5) is 0 Å². The quantitative estimate of drug-likeness (QED) is 0.733. The molecular formula is C15H28N2O3S. The van der Waals surface area contributed by atoms with Crippen molar-refractivity contribution in [3.8, 4) is 0 Å². The highest BCUT2D eigenvalue weighted by Crippen LogP contribution is 2.39. The first-order valence-corrected chi connectivity index (χ1v) is 9.52. The Morgan fingerprint density at radius 2 is 2.14 bits per heavy atom. The Morgan fingerprint density at radius 3 is 2.76 bits per heavy atom. The minimum absolute atomic E-state index is 0.105. The molecular weight excluding hydrogens is 288 g/mol. The van der Waals surface area contributed by atoms with Crippen molar-refractivity contribution in [2.75, 3.05) is 44.8 Å². The van der Waals surface area contributed by atoms with E-state index in [2.05, 4.69) is 10.2 Å². The van der Waals surface area contributed by atoms with Gasteiger partial charge in [0, 0.05) is 35.4 Å². The number of hydrogen-bond donors (Lipinski definition) is 1. The molecule has 0 radical (unpaired) electrons. The number of nitrogens with one attached hydrogen (secondary N) is 1. The lowest BCUT2D eigenvalue weighted by atomic mass is 9.84. The molecule has 2 fully saturated rings. The van der Waals surface area contributed by atoms with Crippen LogP contribution in [0.3, 0.4) is 0 Å². The highest BCUT2D eigenvalue weighted by molar-refractivity contribution is 7.85. The van der Waals surface area contributed by atoms with Crippen molar-refractivity contribution in [3.63, 3.8) is 0 Å². The van der Waals surface area contributed by atoms with Gasteiger partial charge in [-0.3, -0.25) is 9.00 Å². The van der Waals surface area contributed by atoms with Gasteiger partial charge >= 0.3 is 5.97 Å². The van der Waals surface area contributed by atoms with Crippen LogP contribution < -0.4 is 5.32 Å². The number of hydrogen-bond acceptors (Lipinski definition) is 5. The molecule has 0 spiro atoms. The highest BCUT2D eigenvalue weighted by atomic mass is 32.2. The van der Waals surface area contributed by atoms with E-state index < -0.39 is 16.3 Å². The van der Waals surface area contributed by atoms with Gasteiger partial charge in [0.25, 0.3) is 0 Å². The number of likely N-dealkylation sites (N-methyl/N-ethyl adjacent to an activating group) is 1. The summed E-state index contributed by atoms with van der Waals surface area (Å²) in [7, 11) is 0.861. The SMILES string of the molecule is CCNC1(C(=O)OC)CCCC1CCN1CCS(=O)CC1. The Bertz CT molecular complexity index is 381. The van der Waals surface area contributed by atoms with E-state index in [1.54, 1.807) is 0 Å². The smallest absolute Gasteiger partial charge is 0.326 e. The van der Waals surface area contributed by atoms with Crippen LogP contribution in [0.25, 0.3) is 0 Å². The molecule has 2 atom stereocenters. The minimum Gasteiger partial charge on any atom is -0.468 e. The zero-order valence-electron chi connectivity index (χ0n) is 13.2. The van der Waals surface area contributed by atoms with Crippen LogP contribution >= 0.6 is 0 Å². The van der Waals surface area contributed by atoms with Gasteiger partial charge in [0.2, 0.25) is 0 Å². The average molecular weight is 316 g/mol. The number of nitrogens with zero attached hydrogens (tertiary/aromatic N) is 1. The van der Waals surface area contributed by atoms with Gasteiger partial charge < -0.3 is 15.0 Å². The van der Waals surface area contributed by atoms with Crippen molar-refractivity contribution in [2.45, 2.75) is 38.1 Å². The maximum Gasteiger partial charge on any atom is 0.326 e. The molecule has 1 N–H and O–H groups in total. The van der Waals surface area contributed by atoms with Crippen molar-refractivity contribution in [3.05, 3.63) is 0 Å². The molecule has 5 nitrogen and oxygen atoms in total. The number of rotatable bonds is 6. The van der Waals surface area contributed by atoms with E-state index in [-0.39, 0.29) is 5.97 Å². The molecule has 1 aliphatic heterocycles. The fourth-order valence-corrected chi connectivity index (χ4v) is 4.91. The van der Waals surface area contributed by atoms with Crippen LogP contribution in [0.5, 0.6) is 0 Å². The second-order valence-corrected chi connectivity index (χ2v) is 7.76. The zero-order valence-corrected chi connectivity index (χ0v) is 14.0. The number of ether oxygens (including phenoxy) is 1. The first-order chi connectivity index (χ1) is 10.1. The van der Waals surface area contributed by atoms with Crippen LogP contribution in [-0.4, -0.2) is 65.4 Å². The molecule has 1 saturated heterocycles. The summed E-state index contributed by atoms with van der Waals surface area (Å²) in [5.74, 6) is 1.82. The van der Waals surface area contributed by atoms with E-state index in [4.69, 9.17) is 4.74 Å². The predicted molar refractivity (Wildman–Crippen MR) is 84.7 cm³/mol. The van der Waals surface area contributed by atoms with E-state index in [1.807, 2.05) is 6.92 Å². The first kappa shape index (κ1) is 16.9. The molecule has 0 bridgehead atoms. The minimum atomic E-state index is -0.622. The van der Waals surface area contributed by atoms with Crippen LogP contribution in [0.15, 0.2) is 0 Å². The van der Waals surface area contributed by atoms with Crippen LogP contribution in [0.1, 0.15) is 32.6 Å². The average Bonchev–Trinajstić information content (AvgIpc) is 2.90. The van der Waals surface area contributed by atoms with E-state index in [1.165, 1.54) is 7.11 Å². The molecule has 1 saturated carbocycles. The summed E-state index contributed by atoms with van der Waals surface area (Å²) in [5, 5.41) is 3.41. The number of carbonyl (C=O) groups excluding carboxylic acids is 1. The van der Waals surface area contributed by atoms with Gasteiger partial charge in [-0.2, -0.15) is 0 Å². The van der Waals surface area contributed by atoms with Gasteiger partial charge in [0.1, 0.15) is 5.54 Å². The van der Waals surface area contributed by atoms with Crippen molar-refractivity contribution in [1.82, 2.24) is 10.2 Å². The molecule has 2 aliphatic rings. The Hall–Kier alpha value is -0.460. The summed E-state index contributed by atoms with van der Waals surface area (Å²) >= 11 is 0. The third-order valence-corrected chi connectivity index (χ3v) is 6.20. The third-order valence-electron chi connectivity index (χ3n) is 4.93. The largest absolute Gasteiger partial charge is 0.468 e. The Labute approximate surface area is 130 Å². The highest BCUT2D eigenvalue weighted by Gasteiger charge is 2.49. The molecule has 0 aromatic heterocycles. The number of esters is 1. The predicted octanol–water partition coefficient (Wildman–Crippen LogP) is 0.762. The van der Waals surface area contributed by atoms with Crippen LogP contribution in [-0.2, 0) is 20.3 Å². The number of methoxy groups -OCH3 is 1. The molecule has 0 aromatic carbocycles. The summed E-state index contributed by atoms with van der Waals surface area (Å²) in [6.07, 6.45) is 4.05. The lowest BCUT2D eigenvalue weighted by Gasteiger charge is -2.35. The van der Waals surface area contributed by atoms with E-state index in [0.717, 1.165) is 63.4 Å². The van der Waals surface area contributed by atoms with Gasteiger partial charge in [-0.05, 0) is 38.3 Å². The van der Waals surface area contributed by atoms with Gasteiger partial charge in [0.15, 0.2) is 0 Å². The van der Waals surface area contributed by atoms with E-state index >= 15 is 0 Å². The molecule has 6 heteroatoms. The standard InChI is InChI=1S/C15H28N2O3S/c1-3-16-15(14(18)20-2)7-4-5-13(15)6-8-17-9-11-21(19)12-10-17/h13,16H,3-12H2,1-2H3. The van der Waals surface area contributed by atoms with Crippen molar-refractivity contribution >= 4 is 16.8 Å². The summed E-state index contributed by atoms with van der Waals surface area (Å²) in [6.45, 7) is 5.66. The Kier molecular flexibility index (Phi) is 6.20. The molecule has 0 amide bonds. The van der Waals surface area contributed by atoms with Crippen molar-refractivity contribution in [2.24, 2.45) is 5.92 Å². The fourth-order valence-electron chi connectivity index (χ4n) is 3.78. The maximum absolute atomic E-state index is 12.3. The first-order valence-electron chi connectivity index (χ1n) is 8.03. The molecule has 0 aromatic rings. The van der Waals surface area contributed by atoms with Gasteiger partial charge in [-0.25, -0.2) is 0 Å². The molecule has 2 unspecified atom stereocenters. The van der Waals surface area contributed by atoms with Gasteiger partial charge in [-0.15, -0.1) is 0 Å². The van der Waals surface area contributed by atoms with E-state index in [0.29, 0.717) is 5.92 Å². The van der Waals surface area contributed by atoms with Gasteiger partial charge in [0.05, 0.1) is 7.11 Å². The zero-order chi connectivity index (χ0) is 15.3. The second-order valence-electron chi connectivity index (χ2n) is 6.06. The van der Waals surface area contributed by atoms with Crippen molar-refractivity contribution in [1.29, 1.82) is 0 Å². The van der Waals surface area contributed by atoms with Crippen LogP contribution in [0, 0.1) is 5.92 Å². The third kappa shape index (κ3) is 3.85. The van der Waals surface area contributed by atoms with E-state index in [9.17, 15) is 9.00 Å². The molecule has 1 heterocycles. The fraction of sp³-hybridized carbons (Fsp3) is 0.933. The summed E-state index contributed by atoms with van der Waals surface area (Å²) in [6, 6.07) is 0. The summed E-state index contributed by atoms with van der Waals surface area (Å²) in [5.41, 5.74) is -0.484. The van der Waals surface area contributed by atoms with Crippen molar-refractivity contribution < 1.29 is 13.7 Å². The monoisotopic (exact) mass is 316 g/mol. The molecule has 21 heavy (non-hydrogen) atoms. The second kappa shape index (κ2) is 7.70. The Morgan fingerprint density at radius 1 is 1.43 bits per heavy atom. The lowest BCUT2D eigenvalue weighted by Crippen LogP contribution is -2.56. The molecule has 2 rings (SSSR count). The lowest BCUT2D eigenvalue weighted by molar-refractivity contribution is -0.150. The normalized spacial score (nSPS) is 31.4. The summed E-state index contributed by atoms with van der Waals surface area (Å²) in [4.78, 5) is 14.7. The Balaban J connectivity index is 1.93. The topological polar surface area (TPSA) is 58.6 Å². The van der Waals surface area contributed by atoms with Gasteiger partial charge in [-0.1, -0.05) is 13.3 Å². The molecule has 122 valence electrons. The molecule has 1 aliphatic carbocycles. The number of carbonyl (C=O) groups is 1.